The minimum atomic E-state index is -0.0709. The molecule has 0 heterocycles. The number of ether oxygens (including phenoxy) is 2. The van der Waals surface area contributed by atoms with Gasteiger partial charge in [-0.2, -0.15) is 0 Å². The van der Waals surface area contributed by atoms with Crippen LogP contribution in [0, 0.1) is 5.92 Å². The number of carbonyl (C=O) groups excluding carboxylic acids is 1. The maximum absolute atomic E-state index is 12.9. The van der Waals surface area contributed by atoms with Crippen LogP contribution in [0.4, 0.5) is 0 Å². The normalized spacial score (nSPS) is 12.0. The van der Waals surface area contributed by atoms with E-state index in [2.05, 4.69) is 13.8 Å². The highest BCUT2D eigenvalue weighted by Crippen LogP contribution is 2.34. The first kappa shape index (κ1) is 21.1. The number of nitrogens with zero attached hydrogens (tertiary/aromatic N) is 1. The Morgan fingerprint density at radius 1 is 1.07 bits per heavy atom. The molecule has 1 amide bonds. The second kappa shape index (κ2) is 9.65. The Balaban J connectivity index is 2.16. The molecule has 0 radical (unpaired) electrons. The molecular weight excluding hydrogens is 362 g/mol. The molecule has 1 unspecified atom stereocenters. The third-order valence-corrected chi connectivity index (χ3v) is 5.10. The fourth-order valence-electron chi connectivity index (χ4n) is 3.45. The Kier molecular flexibility index (Phi) is 7.55. The molecule has 0 saturated heterocycles. The molecule has 0 spiro atoms. The standard InChI is InChI=1S/C22H28ClNO3/c1-15(2)21(17-10-6-7-11-18(17)23)24(3)20(25)14-13-16-9-8-12-19(26-4)22(16)27-5/h6-12,15,21H,13-14H2,1-5H3. The summed E-state index contributed by atoms with van der Waals surface area (Å²) in [4.78, 5) is 14.7. The average Bonchev–Trinajstić information content (AvgIpc) is 2.66. The van der Waals surface area contributed by atoms with E-state index in [9.17, 15) is 4.79 Å². The Labute approximate surface area is 167 Å². The van der Waals surface area contributed by atoms with E-state index in [0.29, 0.717) is 29.4 Å². The number of rotatable bonds is 8. The summed E-state index contributed by atoms with van der Waals surface area (Å²) in [5.41, 5.74) is 1.93. The van der Waals surface area contributed by atoms with E-state index in [0.717, 1.165) is 11.1 Å². The van der Waals surface area contributed by atoms with Crippen molar-refractivity contribution in [3.05, 3.63) is 58.6 Å². The van der Waals surface area contributed by atoms with Crippen LogP contribution in [-0.4, -0.2) is 32.1 Å². The maximum Gasteiger partial charge on any atom is 0.223 e. The lowest BCUT2D eigenvalue weighted by molar-refractivity contribution is -0.133. The molecule has 0 bridgehead atoms. The van der Waals surface area contributed by atoms with Gasteiger partial charge in [0.2, 0.25) is 5.91 Å². The van der Waals surface area contributed by atoms with Gasteiger partial charge in [-0.15, -0.1) is 0 Å². The van der Waals surface area contributed by atoms with Crippen LogP contribution < -0.4 is 9.47 Å². The molecule has 0 aliphatic carbocycles. The highest BCUT2D eigenvalue weighted by molar-refractivity contribution is 6.31. The maximum atomic E-state index is 12.9. The van der Waals surface area contributed by atoms with E-state index in [1.54, 1.807) is 19.1 Å². The lowest BCUT2D eigenvalue weighted by Gasteiger charge is -2.32. The molecule has 2 aromatic carbocycles. The number of benzene rings is 2. The number of halogens is 1. The van der Waals surface area contributed by atoms with Crippen molar-refractivity contribution in [1.29, 1.82) is 0 Å². The summed E-state index contributed by atoms with van der Waals surface area (Å²) in [6.45, 7) is 4.20. The zero-order valence-corrected chi connectivity index (χ0v) is 17.4. The lowest BCUT2D eigenvalue weighted by atomic mass is 9.94. The lowest BCUT2D eigenvalue weighted by Crippen LogP contribution is -2.34. The molecule has 0 aliphatic rings. The van der Waals surface area contributed by atoms with Gasteiger partial charge in [-0.3, -0.25) is 4.79 Å². The molecule has 27 heavy (non-hydrogen) atoms. The quantitative estimate of drug-likeness (QED) is 0.627. The second-order valence-corrected chi connectivity index (χ2v) is 7.27. The first-order chi connectivity index (χ1) is 12.9. The largest absolute Gasteiger partial charge is 0.493 e. The van der Waals surface area contributed by atoms with Crippen molar-refractivity contribution < 1.29 is 14.3 Å². The van der Waals surface area contributed by atoms with Gasteiger partial charge in [-0.1, -0.05) is 55.8 Å². The van der Waals surface area contributed by atoms with E-state index >= 15 is 0 Å². The van der Waals surface area contributed by atoms with Gasteiger partial charge < -0.3 is 14.4 Å². The highest BCUT2D eigenvalue weighted by Gasteiger charge is 2.26. The molecule has 0 saturated carbocycles. The van der Waals surface area contributed by atoms with Gasteiger partial charge in [0, 0.05) is 18.5 Å². The van der Waals surface area contributed by atoms with Crippen molar-refractivity contribution in [3.63, 3.8) is 0 Å². The molecule has 0 aliphatic heterocycles. The summed E-state index contributed by atoms with van der Waals surface area (Å²) >= 11 is 6.39. The summed E-state index contributed by atoms with van der Waals surface area (Å²) in [6, 6.07) is 13.4. The Morgan fingerprint density at radius 2 is 1.78 bits per heavy atom. The van der Waals surface area contributed by atoms with E-state index in [-0.39, 0.29) is 17.9 Å². The van der Waals surface area contributed by atoms with Crippen molar-refractivity contribution in [3.8, 4) is 11.5 Å². The first-order valence-corrected chi connectivity index (χ1v) is 9.48. The van der Waals surface area contributed by atoms with Crippen LogP contribution >= 0.6 is 11.6 Å². The van der Waals surface area contributed by atoms with Crippen molar-refractivity contribution in [2.45, 2.75) is 32.7 Å². The number of hydrogen-bond donors (Lipinski definition) is 0. The number of carbonyl (C=O) groups is 1. The minimum absolute atomic E-state index is 0.0680. The van der Waals surface area contributed by atoms with Crippen LogP contribution in [0.2, 0.25) is 5.02 Å². The molecule has 5 heteroatoms. The SMILES string of the molecule is COc1cccc(CCC(=O)N(C)C(c2ccccc2Cl)C(C)C)c1OC. The van der Waals surface area contributed by atoms with Gasteiger partial charge in [-0.25, -0.2) is 0 Å². The molecule has 2 rings (SSSR count). The fraction of sp³-hybridized carbons (Fsp3) is 0.409. The van der Waals surface area contributed by atoms with E-state index in [1.807, 2.05) is 49.5 Å². The number of methoxy groups -OCH3 is 2. The summed E-state index contributed by atoms with van der Waals surface area (Å²) in [5.74, 6) is 1.66. The number of para-hydroxylation sites is 1. The molecule has 1 atom stereocenters. The van der Waals surface area contributed by atoms with Crippen molar-refractivity contribution >= 4 is 17.5 Å². The van der Waals surface area contributed by atoms with Crippen LogP contribution in [0.25, 0.3) is 0 Å². The average molecular weight is 390 g/mol. The van der Waals surface area contributed by atoms with Crippen molar-refractivity contribution in [2.24, 2.45) is 5.92 Å². The van der Waals surface area contributed by atoms with Gasteiger partial charge >= 0.3 is 0 Å². The second-order valence-electron chi connectivity index (χ2n) is 6.87. The fourth-order valence-corrected chi connectivity index (χ4v) is 3.70. The van der Waals surface area contributed by atoms with Gasteiger partial charge in [-0.05, 0) is 35.6 Å². The monoisotopic (exact) mass is 389 g/mol. The van der Waals surface area contributed by atoms with E-state index < -0.39 is 0 Å². The predicted octanol–water partition coefficient (Wildman–Crippen LogP) is 5.15. The Morgan fingerprint density at radius 3 is 2.37 bits per heavy atom. The third kappa shape index (κ3) is 4.95. The number of amides is 1. The Hall–Kier alpha value is -2.20. The highest BCUT2D eigenvalue weighted by atomic mass is 35.5. The molecular formula is C22H28ClNO3. The molecule has 0 aromatic heterocycles. The number of aryl methyl sites for hydroxylation is 1. The predicted molar refractivity (Wildman–Crippen MR) is 110 cm³/mol. The van der Waals surface area contributed by atoms with Crippen LogP contribution in [0.3, 0.4) is 0 Å². The van der Waals surface area contributed by atoms with Crippen LogP contribution in [0.5, 0.6) is 11.5 Å². The van der Waals surface area contributed by atoms with Gasteiger partial charge in [0.15, 0.2) is 11.5 Å². The summed E-state index contributed by atoms with van der Waals surface area (Å²) in [7, 11) is 5.07. The molecule has 146 valence electrons. The first-order valence-electron chi connectivity index (χ1n) is 9.10. The summed E-state index contributed by atoms with van der Waals surface area (Å²) in [5, 5.41) is 0.685. The molecule has 2 aromatic rings. The summed E-state index contributed by atoms with van der Waals surface area (Å²) < 4.78 is 10.8. The van der Waals surface area contributed by atoms with E-state index in [4.69, 9.17) is 21.1 Å². The molecule has 0 fully saturated rings. The van der Waals surface area contributed by atoms with Crippen molar-refractivity contribution in [1.82, 2.24) is 4.90 Å². The van der Waals surface area contributed by atoms with Crippen LogP contribution in [-0.2, 0) is 11.2 Å². The number of hydrogen-bond acceptors (Lipinski definition) is 3. The van der Waals surface area contributed by atoms with Gasteiger partial charge in [0.05, 0.1) is 20.3 Å². The summed E-state index contributed by atoms with van der Waals surface area (Å²) in [6.07, 6.45) is 0.963. The van der Waals surface area contributed by atoms with E-state index in [1.165, 1.54) is 0 Å². The minimum Gasteiger partial charge on any atom is -0.493 e. The zero-order valence-electron chi connectivity index (χ0n) is 16.7. The van der Waals surface area contributed by atoms with Crippen LogP contribution in [0.15, 0.2) is 42.5 Å². The van der Waals surface area contributed by atoms with Crippen LogP contribution in [0.1, 0.15) is 37.4 Å². The Bertz CT molecular complexity index is 776. The molecule has 0 N–H and O–H groups in total. The zero-order chi connectivity index (χ0) is 20.0. The third-order valence-electron chi connectivity index (χ3n) is 4.76. The van der Waals surface area contributed by atoms with Gasteiger partial charge in [0.1, 0.15) is 0 Å². The smallest absolute Gasteiger partial charge is 0.223 e. The molecule has 4 nitrogen and oxygen atoms in total. The topological polar surface area (TPSA) is 38.8 Å². The van der Waals surface area contributed by atoms with Crippen molar-refractivity contribution in [2.75, 3.05) is 21.3 Å². The van der Waals surface area contributed by atoms with Gasteiger partial charge in [0.25, 0.3) is 0 Å².